The number of nitrogens with zero attached hydrogens (tertiary/aromatic N) is 1. The van der Waals surface area contributed by atoms with E-state index in [1.165, 1.54) is 5.56 Å². The number of carboxylic acid groups (broad SMARTS) is 1. The Morgan fingerprint density at radius 3 is 2.58 bits per heavy atom. The summed E-state index contributed by atoms with van der Waals surface area (Å²) < 4.78 is 0. The number of carbonyl (C=O) groups excluding carboxylic acids is 1. The van der Waals surface area contributed by atoms with Crippen LogP contribution in [0.3, 0.4) is 0 Å². The predicted octanol–water partition coefficient (Wildman–Crippen LogP) is 2.60. The SMILES string of the molecule is O=C(NCC1(C(=O)O)CCCC1)NC1CCCN(Cc2ccccc2)C1. The van der Waals surface area contributed by atoms with Gasteiger partial charge in [-0.2, -0.15) is 0 Å². The fourth-order valence-electron chi connectivity index (χ4n) is 4.16. The lowest BCUT2D eigenvalue weighted by Gasteiger charge is -2.33. The largest absolute Gasteiger partial charge is 0.481 e. The fraction of sp³-hybridized carbons (Fsp3) is 0.600. The van der Waals surface area contributed by atoms with Crippen LogP contribution in [-0.4, -0.2) is 47.7 Å². The van der Waals surface area contributed by atoms with Crippen molar-refractivity contribution in [3.63, 3.8) is 0 Å². The van der Waals surface area contributed by atoms with Gasteiger partial charge in [-0.1, -0.05) is 43.2 Å². The molecule has 1 aliphatic heterocycles. The van der Waals surface area contributed by atoms with E-state index in [2.05, 4.69) is 27.7 Å². The van der Waals surface area contributed by atoms with Crippen molar-refractivity contribution in [3.8, 4) is 0 Å². The van der Waals surface area contributed by atoms with Crippen LogP contribution in [0.15, 0.2) is 30.3 Å². The Morgan fingerprint density at radius 2 is 1.88 bits per heavy atom. The Hall–Kier alpha value is -2.08. The highest BCUT2D eigenvalue weighted by Gasteiger charge is 2.41. The average molecular weight is 359 g/mol. The number of carbonyl (C=O) groups is 2. The molecule has 2 amide bonds. The number of nitrogens with one attached hydrogen (secondary N) is 2. The Bertz CT molecular complexity index is 614. The minimum atomic E-state index is -0.790. The third-order valence-corrected chi connectivity index (χ3v) is 5.69. The van der Waals surface area contributed by atoms with E-state index in [9.17, 15) is 14.7 Å². The molecule has 1 aliphatic carbocycles. The Balaban J connectivity index is 1.45. The van der Waals surface area contributed by atoms with E-state index in [1.54, 1.807) is 0 Å². The van der Waals surface area contributed by atoms with Crippen LogP contribution in [-0.2, 0) is 11.3 Å². The summed E-state index contributed by atoms with van der Waals surface area (Å²) in [6.07, 6.45) is 5.16. The molecular weight excluding hydrogens is 330 g/mol. The van der Waals surface area contributed by atoms with Crippen LogP contribution in [0, 0.1) is 5.41 Å². The molecule has 0 aromatic heterocycles. The molecule has 0 radical (unpaired) electrons. The zero-order valence-electron chi connectivity index (χ0n) is 15.2. The highest BCUT2D eigenvalue weighted by atomic mass is 16.4. The monoisotopic (exact) mass is 359 g/mol. The van der Waals surface area contributed by atoms with Crippen LogP contribution in [0.4, 0.5) is 4.79 Å². The first kappa shape index (κ1) is 18.7. The van der Waals surface area contributed by atoms with E-state index in [0.29, 0.717) is 12.8 Å². The smallest absolute Gasteiger partial charge is 0.315 e. The second-order valence-electron chi connectivity index (χ2n) is 7.68. The predicted molar refractivity (Wildman–Crippen MR) is 99.8 cm³/mol. The number of piperidine rings is 1. The van der Waals surface area contributed by atoms with E-state index < -0.39 is 11.4 Å². The van der Waals surface area contributed by atoms with Crippen LogP contribution in [0.25, 0.3) is 0 Å². The first-order chi connectivity index (χ1) is 12.6. The first-order valence-corrected chi connectivity index (χ1v) is 9.61. The van der Waals surface area contributed by atoms with Crippen molar-refractivity contribution in [3.05, 3.63) is 35.9 Å². The number of urea groups is 1. The van der Waals surface area contributed by atoms with Crippen molar-refractivity contribution in [2.24, 2.45) is 5.41 Å². The van der Waals surface area contributed by atoms with Gasteiger partial charge in [0.25, 0.3) is 0 Å². The van der Waals surface area contributed by atoms with Crippen molar-refractivity contribution in [2.45, 2.75) is 51.1 Å². The van der Waals surface area contributed by atoms with Gasteiger partial charge in [-0.15, -0.1) is 0 Å². The maximum Gasteiger partial charge on any atom is 0.315 e. The maximum atomic E-state index is 12.3. The van der Waals surface area contributed by atoms with Gasteiger partial charge in [0, 0.05) is 25.7 Å². The third-order valence-electron chi connectivity index (χ3n) is 5.69. The van der Waals surface area contributed by atoms with E-state index in [1.807, 2.05) is 18.2 Å². The number of amides is 2. The highest BCUT2D eigenvalue weighted by molar-refractivity contribution is 5.78. The molecule has 1 saturated heterocycles. The van der Waals surface area contributed by atoms with Gasteiger partial charge in [-0.3, -0.25) is 9.69 Å². The molecule has 6 nitrogen and oxygen atoms in total. The summed E-state index contributed by atoms with van der Waals surface area (Å²) in [4.78, 5) is 26.2. The van der Waals surface area contributed by atoms with E-state index in [0.717, 1.165) is 45.3 Å². The molecule has 26 heavy (non-hydrogen) atoms. The lowest BCUT2D eigenvalue weighted by molar-refractivity contribution is -0.148. The Morgan fingerprint density at radius 1 is 1.15 bits per heavy atom. The lowest BCUT2D eigenvalue weighted by atomic mass is 9.86. The molecule has 2 fully saturated rings. The lowest BCUT2D eigenvalue weighted by Crippen LogP contribution is -2.52. The van der Waals surface area contributed by atoms with Gasteiger partial charge in [-0.25, -0.2) is 4.79 Å². The normalized spacial score (nSPS) is 22.7. The molecule has 1 aromatic rings. The molecule has 3 rings (SSSR count). The van der Waals surface area contributed by atoms with Gasteiger partial charge in [0.15, 0.2) is 0 Å². The molecule has 0 spiro atoms. The van der Waals surface area contributed by atoms with Gasteiger partial charge in [-0.05, 0) is 37.8 Å². The van der Waals surface area contributed by atoms with Crippen LogP contribution in [0.2, 0.25) is 0 Å². The van der Waals surface area contributed by atoms with Gasteiger partial charge in [0.1, 0.15) is 0 Å². The zero-order chi connectivity index (χ0) is 18.4. The summed E-state index contributed by atoms with van der Waals surface area (Å²) in [5, 5.41) is 15.3. The van der Waals surface area contributed by atoms with Crippen LogP contribution >= 0.6 is 0 Å². The van der Waals surface area contributed by atoms with Crippen molar-refractivity contribution >= 4 is 12.0 Å². The van der Waals surface area contributed by atoms with Crippen molar-refractivity contribution in [1.82, 2.24) is 15.5 Å². The number of carboxylic acids is 1. The Labute approximate surface area is 155 Å². The second-order valence-corrected chi connectivity index (χ2v) is 7.68. The fourth-order valence-corrected chi connectivity index (χ4v) is 4.16. The van der Waals surface area contributed by atoms with Crippen LogP contribution in [0.1, 0.15) is 44.1 Å². The number of hydrogen-bond donors (Lipinski definition) is 3. The van der Waals surface area contributed by atoms with Crippen molar-refractivity contribution < 1.29 is 14.7 Å². The van der Waals surface area contributed by atoms with Crippen molar-refractivity contribution in [1.29, 1.82) is 0 Å². The van der Waals surface area contributed by atoms with Gasteiger partial charge < -0.3 is 15.7 Å². The summed E-state index contributed by atoms with van der Waals surface area (Å²) in [5.74, 6) is -0.790. The molecule has 6 heteroatoms. The molecule has 1 atom stereocenters. The Kier molecular flexibility index (Phi) is 6.14. The zero-order valence-corrected chi connectivity index (χ0v) is 15.2. The van der Waals surface area contributed by atoms with Crippen molar-refractivity contribution in [2.75, 3.05) is 19.6 Å². The number of likely N-dealkylation sites (tertiary alicyclic amines) is 1. The van der Waals surface area contributed by atoms with E-state index >= 15 is 0 Å². The second kappa shape index (κ2) is 8.54. The molecule has 1 heterocycles. The molecule has 1 aromatic carbocycles. The summed E-state index contributed by atoms with van der Waals surface area (Å²) in [7, 11) is 0. The molecule has 142 valence electrons. The molecule has 0 bridgehead atoms. The summed E-state index contributed by atoms with van der Waals surface area (Å²) >= 11 is 0. The molecule has 2 aliphatic rings. The quantitative estimate of drug-likeness (QED) is 0.729. The topological polar surface area (TPSA) is 81.7 Å². The molecule has 3 N–H and O–H groups in total. The van der Waals surface area contributed by atoms with E-state index in [-0.39, 0.29) is 18.6 Å². The van der Waals surface area contributed by atoms with Crippen LogP contribution in [0.5, 0.6) is 0 Å². The van der Waals surface area contributed by atoms with Gasteiger partial charge in [0.05, 0.1) is 5.41 Å². The molecule has 1 unspecified atom stereocenters. The average Bonchev–Trinajstić information content (AvgIpc) is 3.12. The number of rotatable bonds is 6. The summed E-state index contributed by atoms with van der Waals surface area (Å²) in [6, 6.07) is 10.2. The maximum absolute atomic E-state index is 12.3. The minimum Gasteiger partial charge on any atom is -0.481 e. The first-order valence-electron chi connectivity index (χ1n) is 9.61. The molecule has 1 saturated carbocycles. The van der Waals surface area contributed by atoms with Crippen LogP contribution < -0.4 is 10.6 Å². The van der Waals surface area contributed by atoms with Gasteiger partial charge in [0.2, 0.25) is 0 Å². The highest BCUT2D eigenvalue weighted by Crippen LogP contribution is 2.37. The summed E-state index contributed by atoms with van der Waals surface area (Å²) in [5.41, 5.74) is 0.505. The molecular formula is C20H29N3O3. The summed E-state index contributed by atoms with van der Waals surface area (Å²) in [6.45, 7) is 2.97. The van der Waals surface area contributed by atoms with E-state index in [4.69, 9.17) is 0 Å². The standard InChI is InChI=1S/C20H29N3O3/c24-18(25)20(10-4-5-11-20)15-21-19(26)22-17-9-6-12-23(14-17)13-16-7-2-1-3-8-16/h1-3,7-8,17H,4-6,9-15H2,(H,24,25)(H2,21,22,26). The van der Waals surface area contributed by atoms with Gasteiger partial charge >= 0.3 is 12.0 Å². The third kappa shape index (κ3) is 4.75. The number of aliphatic carboxylic acids is 1. The number of hydrogen-bond acceptors (Lipinski definition) is 3. The number of benzene rings is 1. The minimum absolute atomic E-state index is 0.108.